The predicted octanol–water partition coefficient (Wildman–Crippen LogP) is 4.21. The largest absolute Gasteiger partial charge is 0.350 e. The normalized spacial score (nSPS) is 10.2. The van der Waals surface area contributed by atoms with E-state index < -0.39 is 9.85 Å². The molecule has 0 atom stereocenters. The zero-order valence-electron chi connectivity index (χ0n) is 10.9. The third-order valence-electron chi connectivity index (χ3n) is 2.93. The molecule has 0 aliphatic heterocycles. The van der Waals surface area contributed by atoms with Crippen molar-refractivity contribution in [2.45, 2.75) is 6.92 Å². The number of nitrogens with zero attached hydrogens (tertiary/aromatic N) is 2. The molecular formula is C13H10ClN3O4. The Morgan fingerprint density at radius 3 is 2.38 bits per heavy atom. The minimum Gasteiger partial charge on any atom is -0.350 e. The van der Waals surface area contributed by atoms with Gasteiger partial charge in [0, 0.05) is 16.8 Å². The van der Waals surface area contributed by atoms with E-state index in [1.165, 1.54) is 12.1 Å². The third kappa shape index (κ3) is 3.09. The van der Waals surface area contributed by atoms with Crippen LogP contribution in [0.5, 0.6) is 0 Å². The van der Waals surface area contributed by atoms with E-state index in [9.17, 15) is 20.2 Å². The number of hydrogen-bond acceptors (Lipinski definition) is 5. The number of benzene rings is 2. The number of nitro benzene ring substituents is 2. The molecule has 0 aliphatic carbocycles. The molecule has 8 heteroatoms. The molecule has 108 valence electrons. The molecule has 0 aromatic heterocycles. The van der Waals surface area contributed by atoms with Gasteiger partial charge in [-0.3, -0.25) is 20.2 Å². The number of hydrogen-bond donors (Lipinski definition) is 1. The van der Waals surface area contributed by atoms with Gasteiger partial charge in [0.15, 0.2) is 0 Å². The summed E-state index contributed by atoms with van der Waals surface area (Å²) in [6.07, 6.45) is 0. The Morgan fingerprint density at radius 2 is 1.76 bits per heavy atom. The first-order valence-corrected chi connectivity index (χ1v) is 6.23. The van der Waals surface area contributed by atoms with Crippen LogP contribution in [-0.2, 0) is 0 Å². The molecule has 0 aliphatic rings. The molecule has 0 heterocycles. The molecular weight excluding hydrogens is 298 g/mol. The maximum atomic E-state index is 11.1. The first-order valence-electron chi connectivity index (χ1n) is 5.85. The standard InChI is InChI=1S/C13H10ClN3O4/c1-8-10(14)3-2-4-11(8)15-12-6-5-9(16(18)19)7-13(12)17(20)21/h2-7,15H,1H3. The molecule has 0 unspecified atom stereocenters. The van der Waals surface area contributed by atoms with Gasteiger partial charge in [-0.15, -0.1) is 0 Å². The van der Waals surface area contributed by atoms with Crippen LogP contribution in [0.25, 0.3) is 0 Å². The van der Waals surface area contributed by atoms with Crippen LogP contribution in [0.4, 0.5) is 22.7 Å². The van der Waals surface area contributed by atoms with Crippen molar-refractivity contribution in [3.63, 3.8) is 0 Å². The van der Waals surface area contributed by atoms with Crippen LogP contribution < -0.4 is 5.32 Å². The number of nitro groups is 2. The zero-order chi connectivity index (χ0) is 15.6. The topological polar surface area (TPSA) is 98.3 Å². The summed E-state index contributed by atoms with van der Waals surface area (Å²) in [5, 5.41) is 25.1. The van der Waals surface area contributed by atoms with E-state index >= 15 is 0 Å². The van der Waals surface area contributed by atoms with Crippen LogP contribution in [0.1, 0.15) is 5.56 Å². The lowest BCUT2D eigenvalue weighted by atomic mass is 10.1. The van der Waals surface area contributed by atoms with E-state index in [4.69, 9.17) is 11.6 Å². The Labute approximate surface area is 124 Å². The highest BCUT2D eigenvalue weighted by atomic mass is 35.5. The molecule has 0 fully saturated rings. The predicted molar refractivity (Wildman–Crippen MR) is 79.2 cm³/mol. The Hall–Kier alpha value is -2.67. The molecule has 0 amide bonds. The van der Waals surface area contributed by atoms with Crippen molar-refractivity contribution in [2.75, 3.05) is 5.32 Å². The van der Waals surface area contributed by atoms with Crippen LogP contribution >= 0.6 is 11.6 Å². The van der Waals surface area contributed by atoms with Gasteiger partial charge in [-0.05, 0) is 30.7 Å². The van der Waals surface area contributed by atoms with Crippen LogP contribution in [0.2, 0.25) is 5.02 Å². The van der Waals surface area contributed by atoms with E-state index in [-0.39, 0.29) is 17.1 Å². The van der Waals surface area contributed by atoms with Crippen molar-refractivity contribution in [3.05, 3.63) is 67.2 Å². The average Bonchev–Trinajstić information content (AvgIpc) is 2.43. The van der Waals surface area contributed by atoms with Gasteiger partial charge in [0.2, 0.25) is 0 Å². The van der Waals surface area contributed by atoms with Crippen molar-refractivity contribution in [2.24, 2.45) is 0 Å². The minimum atomic E-state index is -0.679. The van der Waals surface area contributed by atoms with Crippen molar-refractivity contribution < 1.29 is 9.85 Å². The molecule has 0 bridgehead atoms. The number of nitrogens with one attached hydrogen (secondary N) is 1. The Bertz CT molecular complexity index is 733. The summed E-state index contributed by atoms with van der Waals surface area (Å²) in [4.78, 5) is 20.4. The van der Waals surface area contributed by atoms with Crippen molar-refractivity contribution >= 4 is 34.4 Å². The van der Waals surface area contributed by atoms with E-state index in [2.05, 4.69) is 5.32 Å². The summed E-state index contributed by atoms with van der Waals surface area (Å²) in [5.74, 6) is 0. The highest BCUT2D eigenvalue weighted by molar-refractivity contribution is 6.31. The van der Waals surface area contributed by atoms with Crippen LogP contribution in [0, 0.1) is 27.2 Å². The second kappa shape index (κ2) is 5.76. The summed E-state index contributed by atoms with van der Waals surface area (Å²) >= 11 is 5.99. The van der Waals surface area contributed by atoms with Gasteiger partial charge in [0.25, 0.3) is 11.4 Å². The monoisotopic (exact) mass is 307 g/mol. The third-order valence-corrected chi connectivity index (χ3v) is 3.34. The first-order chi connectivity index (χ1) is 9.90. The van der Waals surface area contributed by atoms with Gasteiger partial charge < -0.3 is 5.32 Å². The van der Waals surface area contributed by atoms with Gasteiger partial charge in [-0.2, -0.15) is 0 Å². The van der Waals surface area contributed by atoms with Crippen molar-refractivity contribution in [1.82, 2.24) is 0 Å². The quantitative estimate of drug-likeness (QED) is 0.674. The average molecular weight is 308 g/mol. The van der Waals surface area contributed by atoms with E-state index in [1.807, 2.05) is 0 Å². The number of halogens is 1. The van der Waals surface area contributed by atoms with Crippen LogP contribution in [0.3, 0.4) is 0 Å². The number of anilines is 2. The maximum absolute atomic E-state index is 11.1. The zero-order valence-corrected chi connectivity index (χ0v) is 11.6. The first kappa shape index (κ1) is 14.7. The highest BCUT2D eigenvalue weighted by Gasteiger charge is 2.20. The second-order valence-electron chi connectivity index (χ2n) is 4.25. The molecule has 0 saturated heterocycles. The Balaban J connectivity index is 2.46. The van der Waals surface area contributed by atoms with E-state index in [1.54, 1.807) is 25.1 Å². The molecule has 21 heavy (non-hydrogen) atoms. The molecule has 7 nitrogen and oxygen atoms in total. The lowest BCUT2D eigenvalue weighted by Gasteiger charge is -2.10. The van der Waals surface area contributed by atoms with Gasteiger partial charge in [-0.1, -0.05) is 17.7 Å². The lowest BCUT2D eigenvalue weighted by molar-refractivity contribution is -0.393. The molecule has 0 saturated carbocycles. The van der Waals surface area contributed by atoms with Crippen molar-refractivity contribution in [3.8, 4) is 0 Å². The summed E-state index contributed by atoms with van der Waals surface area (Å²) < 4.78 is 0. The fourth-order valence-corrected chi connectivity index (χ4v) is 1.95. The lowest BCUT2D eigenvalue weighted by Crippen LogP contribution is -2.00. The molecule has 2 rings (SSSR count). The molecule has 0 spiro atoms. The molecule has 0 radical (unpaired) electrons. The molecule has 2 aromatic carbocycles. The van der Waals surface area contributed by atoms with E-state index in [0.717, 1.165) is 11.6 Å². The minimum absolute atomic E-state index is 0.163. The number of rotatable bonds is 4. The Kier molecular flexibility index (Phi) is 4.04. The van der Waals surface area contributed by atoms with Crippen molar-refractivity contribution in [1.29, 1.82) is 0 Å². The van der Waals surface area contributed by atoms with Gasteiger partial charge in [0.1, 0.15) is 5.69 Å². The molecule has 2 aromatic rings. The smallest absolute Gasteiger partial charge is 0.299 e. The van der Waals surface area contributed by atoms with Crippen LogP contribution in [-0.4, -0.2) is 9.85 Å². The number of non-ortho nitro benzene ring substituents is 1. The van der Waals surface area contributed by atoms with Gasteiger partial charge >= 0.3 is 0 Å². The fourth-order valence-electron chi connectivity index (χ4n) is 1.78. The summed E-state index contributed by atoms with van der Waals surface area (Å²) in [6, 6.07) is 8.54. The maximum Gasteiger partial charge on any atom is 0.299 e. The second-order valence-corrected chi connectivity index (χ2v) is 4.66. The summed E-state index contributed by atoms with van der Waals surface area (Å²) in [6.45, 7) is 1.77. The van der Waals surface area contributed by atoms with Crippen LogP contribution in [0.15, 0.2) is 36.4 Å². The van der Waals surface area contributed by atoms with Gasteiger partial charge in [0.05, 0.1) is 15.9 Å². The summed E-state index contributed by atoms with van der Waals surface area (Å²) in [5.41, 5.74) is 0.779. The Morgan fingerprint density at radius 1 is 1.05 bits per heavy atom. The highest BCUT2D eigenvalue weighted by Crippen LogP contribution is 2.33. The fraction of sp³-hybridized carbons (Fsp3) is 0.0769. The SMILES string of the molecule is Cc1c(Cl)cccc1Nc1ccc([N+](=O)[O-])cc1[N+](=O)[O-]. The molecule has 1 N–H and O–H groups in total. The van der Waals surface area contributed by atoms with E-state index in [0.29, 0.717) is 10.7 Å². The van der Waals surface area contributed by atoms with Gasteiger partial charge in [-0.25, -0.2) is 0 Å². The summed E-state index contributed by atoms with van der Waals surface area (Å²) in [7, 11) is 0.